The smallest absolute Gasteiger partial charge is 0.318 e. The van der Waals surface area contributed by atoms with E-state index < -0.39 is 32.4 Å². The number of carbonyl (C=O) groups is 2. The Morgan fingerprint density at radius 2 is 1.72 bits per heavy atom. The van der Waals surface area contributed by atoms with E-state index in [9.17, 15) is 29.8 Å². The first-order valence-electron chi connectivity index (χ1n) is 11.4. The van der Waals surface area contributed by atoms with Crippen molar-refractivity contribution in [3.8, 4) is 23.0 Å². The Morgan fingerprint density at radius 1 is 0.949 bits per heavy atom. The van der Waals surface area contributed by atoms with Crippen LogP contribution in [0.4, 0.5) is 16.2 Å². The number of thioether (sulfide) groups is 1. The van der Waals surface area contributed by atoms with Gasteiger partial charge in [0, 0.05) is 6.07 Å². The fourth-order valence-electron chi connectivity index (χ4n) is 3.63. The number of methoxy groups -OCH3 is 1. The molecule has 0 bridgehead atoms. The number of ether oxygens (including phenoxy) is 3. The van der Waals surface area contributed by atoms with Gasteiger partial charge in [0.25, 0.3) is 16.8 Å². The standard InChI is InChI=1S/C26H21N3O9S/c1-16-4-3-5-19(12-16)37-11-10-27-25(30)24(39-26(27)31)14-17-6-8-22(23(13-17)36-2)38-21-9-7-18(28(32)33)15-20(21)29(34)35/h3-9,12-15H,10-11H2,1-2H3/b24-14-. The van der Waals surface area contributed by atoms with Crippen LogP contribution in [0.15, 0.2) is 65.6 Å². The van der Waals surface area contributed by atoms with Crippen LogP contribution in [-0.2, 0) is 4.79 Å². The SMILES string of the molecule is COc1cc(/C=C2\SC(=O)N(CCOc3cccc(C)c3)C2=O)ccc1Oc1ccc([N+](=O)[O-])cc1[N+](=O)[O-]. The number of hydrogen-bond acceptors (Lipinski definition) is 10. The van der Waals surface area contributed by atoms with Gasteiger partial charge < -0.3 is 14.2 Å². The number of carbonyl (C=O) groups excluding carboxylic acids is 2. The molecule has 1 aliphatic heterocycles. The van der Waals surface area contributed by atoms with Gasteiger partial charge in [-0.25, -0.2) is 0 Å². The number of hydrogen-bond donors (Lipinski definition) is 0. The van der Waals surface area contributed by atoms with Gasteiger partial charge in [0.05, 0.1) is 34.5 Å². The number of amides is 2. The van der Waals surface area contributed by atoms with Crippen molar-refractivity contribution in [1.82, 2.24) is 4.90 Å². The third-order valence-electron chi connectivity index (χ3n) is 5.50. The Kier molecular flexibility index (Phi) is 8.10. The number of nitro benzene ring substituents is 2. The first kappa shape index (κ1) is 27.1. The molecular weight excluding hydrogens is 530 g/mol. The number of nitrogens with zero attached hydrogens (tertiary/aromatic N) is 3. The number of nitro groups is 2. The fourth-order valence-corrected chi connectivity index (χ4v) is 4.49. The van der Waals surface area contributed by atoms with Gasteiger partial charge in [-0.15, -0.1) is 0 Å². The van der Waals surface area contributed by atoms with Gasteiger partial charge in [-0.05, 0) is 66.2 Å². The normalized spacial score (nSPS) is 14.0. The molecule has 2 amide bonds. The molecule has 0 saturated carbocycles. The lowest BCUT2D eigenvalue weighted by Crippen LogP contribution is -2.32. The maximum Gasteiger partial charge on any atom is 0.318 e. The molecule has 1 fully saturated rings. The summed E-state index contributed by atoms with van der Waals surface area (Å²) in [6.07, 6.45) is 1.52. The van der Waals surface area contributed by atoms with E-state index >= 15 is 0 Å². The van der Waals surface area contributed by atoms with E-state index in [0.717, 1.165) is 40.4 Å². The van der Waals surface area contributed by atoms with Gasteiger partial charge in [0.2, 0.25) is 5.75 Å². The summed E-state index contributed by atoms with van der Waals surface area (Å²) in [6, 6.07) is 15.0. The lowest BCUT2D eigenvalue weighted by atomic mass is 10.1. The lowest BCUT2D eigenvalue weighted by molar-refractivity contribution is -0.394. The van der Waals surface area contributed by atoms with Gasteiger partial charge in [0.15, 0.2) is 11.5 Å². The average molecular weight is 552 g/mol. The molecule has 0 spiro atoms. The second kappa shape index (κ2) is 11.6. The monoisotopic (exact) mass is 551 g/mol. The highest BCUT2D eigenvalue weighted by Crippen LogP contribution is 2.39. The average Bonchev–Trinajstić information content (AvgIpc) is 3.16. The molecule has 4 rings (SSSR count). The highest BCUT2D eigenvalue weighted by atomic mass is 32.2. The van der Waals surface area contributed by atoms with E-state index in [2.05, 4.69) is 0 Å². The van der Waals surface area contributed by atoms with Crippen molar-refractivity contribution >= 4 is 40.4 Å². The van der Waals surface area contributed by atoms with Gasteiger partial charge in [-0.3, -0.25) is 34.7 Å². The summed E-state index contributed by atoms with van der Waals surface area (Å²) in [5.74, 6) is 0.255. The summed E-state index contributed by atoms with van der Waals surface area (Å²) >= 11 is 0.795. The summed E-state index contributed by atoms with van der Waals surface area (Å²) in [5.41, 5.74) is 0.501. The molecule has 39 heavy (non-hydrogen) atoms. The maximum absolute atomic E-state index is 12.8. The highest BCUT2D eigenvalue weighted by Gasteiger charge is 2.35. The molecule has 0 atom stereocenters. The first-order chi connectivity index (χ1) is 18.7. The molecule has 12 nitrogen and oxygen atoms in total. The summed E-state index contributed by atoms with van der Waals surface area (Å²) in [4.78, 5) is 47.5. The largest absolute Gasteiger partial charge is 0.493 e. The molecule has 1 heterocycles. The minimum atomic E-state index is -0.786. The molecular formula is C26H21N3O9S. The van der Waals surface area contributed by atoms with Crippen LogP contribution in [0.2, 0.25) is 0 Å². The Morgan fingerprint density at radius 3 is 2.41 bits per heavy atom. The van der Waals surface area contributed by atoms with Crippen molar-refractivity contribution in [3.05, 3.63) is 96.9 Å². The van der Waals surface area contributed by atoms with Crippen LogP contribution in [0.25, 0.3) is 6.08 Å². The van der Waals surface area contributed by atoms with E-state index in [1.165, 1.54) is 25.3 Å². The zero-order valence-corrected chi connectivity index (χ0v) is 21.5. The van der Waals surface area contributed by atoms with Gasteiger partial charge >= 0.3 is 5.69 Å². The van der Waals surface area contributed by atoms with Crippen LogP contribution in [-0.4, -0.2) is 46.2 Å². The minimum Gasteiger partial charge on any atom is -0.493 e. The Bertz CT molecular complexity index is 1510. The topological polar surface area (TPSA) is 151 Å². The van der Waals surface area contributed by atoms with Crippen LogP contribution in [0, 0.1) is 27.2 Å². The van der Waals surface area contributed by atoms with Crippen LogP contribution in [0.1, 0.15) is 11.1 Å². The minimum absolute atomic E-state index is 0.0834. The number of non-ortho nitro benzene ring substituents is 1. The lowest BCUT2D eigenvalue weighted by Gasteiger charge is -2.13. The second-order valence-electron chi connectivity index (χ2n) is 8.18. The predicted molar refractivity (Wildman–Crippen MR) is 142 cm³/mol. The third kappa shape index (κ3) is 6.33. The van der Waals surface area contributed by atoms with Crippen molar-refractivity contribution in [2.75, 3.05) is 20.3 Å². The quantitative estimate of drug-likeness (QED) is 0.174. The van der Waals surface area contributed by atoms with Crippen molar-refractivity contribution in [3.63, 3.8) is 0 Å². The van der Waals surface area contributed by atoms with Crippen molar-refractivity contribution in [2.45, 2.75) is 6.92 Å². The number of aryl methyl sites for hydroxylation is 1. The van der Waals surface area contributed by atoms with Crippen molar-refractivity contribution in [1.29, 1.82) is 0 Å². The molecule has 13 heteroatoms. The molecule has 3 aromatic rings. The second-order valence-corrected chi connectivity index (χ2v) is 9.17. The van der Waals surface area contributed by atoms with Crippen molar-refractivity contribution in [2.24, 2.45) is 0 Å². The first-order valence-corrected chi connectivity index (χ1v) is 12.2. The zero-order chi connectivity index (χ0) is 28.1. The highest BCUT2D eigenvalue weighted by molar-refractivity contribution is 8.18. The van der Waals surface area contributed by atoms with Gasteiger partial charge in [-0.1, -0.05) is 18.2 Å². The maximum atomic E-state index is 12.8. The molecule has 0 N–H and O–H groups in total. The van der Waals surface area contributed by atoms with E-state index in [4.69, 9.17) is 14.2 Å². The van der Waals surface area contributed by atoms with Crippen LogP contribution in [0.5, 0.6) is 23.0 Å². The third-order valence-corrected chi connectivity index (χ3v) is 6.41. The van der Waals surface area contributed by atoms with E-state index in [-0.39, 0.29) is 35.3 Å². The van der Waals surface area contributed by atoms with Crippen LogP contribution >= 0.6 is 11.8 Å². The number of rotatable bonds is 10. The Labute approximate surface area is 226 Å². The zero-order valence-electron chi connectivity index (χ0n) is 20.7. The van der Waals surface area contributed by atoms with Crippen molar-refractivity contribution < 1.29 is 33.6 Å². The fraction of sp³-hybridized carbons (Fsp3) is 0.154. The molecule has 3 aromatic carbocycles. The summed E-state index contributed by atoms with van der Waals surface area (Å²) in [7, 11) is 1.36. The number of benzene rings is 3. The van der Waals surface area contributed by atoms with Crippen LogP contribution in [0.3, 0.4) is 0 Å². The number of imide groups is 1. The van der Waals surface area contributed by atoms with Gasteiger partial charge in [-0.2, -0.15) is 0 Å². The summed E-state index contributed by atoms with van der Waals surface area (Å²) in [6.45, 7) is 2.16. The predicted octanol–water partition coefficient (Wildman–Crippen LogP) is 5.73. The molecule has 0 unspecified atom stereocenters. The molecule has 200 valence electrons. The van der Waals surface area contributed by atoms with Crippen LogP contribution < -0.4 is 14.2 Å². The van der Waals surface area contributed by atoms with Gasteiger partial charge in [0.1, 0.15) is 12.4 Å². The molecule has 1 aliphatic rings. The van der Waals surface area contributed by atoms with E-state index in [1.54, 1.807) is 12.1 Å². The molecule has 0 radical (unpaired) electrons. The molecule has 1 saturated heterocycles. The van der Waals surface area contributed by atoms with E-state index in [1.807, 2.05) is 25.1 Å². The Hall–Kier alpha value is -4.91. The summed E-state index contributed by atoms with van der Waals surface area (Å²) < 4.78 is 16.6. The Balaban J connectivity index is 1.48. The summed E-state index contributed by atoms with van der Waals surface area (Å²) in [5, 5.41) is 22.0. The van der Waals surface area contributed by atoms with E-state index in [0.29, 0.717) is 11.3 Å². The molecule has 0 aliphatic carbocycles. The molecule has 0 aromatic heterocycles.